The van der Waals surface area contributed by atoms with Gasteiger partial charge in [0.15, 0.2) is 16.6 Å². The minimum atomic E-state index is -3.53. The molecule has 1 aliphatic heterocycles. The van der Waals surface area contributed by atoms with Crippen molar-refractivity contribution >= 4 is 33.0 Å². The lowest BCUT2D eigenvalue weighted by atomic mass is 10.2. The maximum absolute atomic E-state index is 12.8. The first-order valence-corrected chi connectivity index (χ1v) is 11.2. The minimum absolute atomic E-state index is 0.234. The van der Waals surface area contributed by atoms with Gasteiger partial charge in [0, 0.05) is 25.3 Å². The highest BCUT2D eigenvalue weighted by Gasteiger charge is 2.22. The molecule has 0 bridgehead atoms. The number of benzene rings is 2. The van der Waals surface area contributed by atoms with E-state index in [1.165, 1.54) is 4.31 Å². The summed E-state index contributed by atoms with van der Waals surface area (Å²) in [5, 5.41) is 6.64. The monoisotopic (exact) mass is 435 g/mol. The number of nitrogens with zero attached hydrogens (tertiary/aromatic N) is 1. The van der Waals surface area contributed by atoms with Crippen LogP contribution in [0.2, 0.25) is 0 Å². The molecule has 0 saturated carbocycles. The van der Waals surface area contributed by atoms with E-state index in [4.69, 9.17) is 21.7 Å². The van der Waals surface area contributed by atoms with Crippen LogP contribution in [-0.4, -0.2) is 37.7 Å². The highest BCUT2D eigenvalue weighted by atomic mass is 32.2. The molecule has 29 heavy (non-hydrogen) atoms. The van der Waals surface area contributed by atoms with Crippen LogP contribution in [0.3, 0.4) is 0 Å². The van der Waals surface area contributed by atoms with Crippen molar-refractivity contribution in [2.24, 2.45) is 0 Å². The molecule has 0 unspecified atom stereocenters. The third kappa shape index (κ3) is 4.80. The van der Waals surface area contributed by atoms with Gasteiger partial charge in [-0.05, 0) is 54.5 Å². The number of ether oxygens (including phenoxy) is 2. The Labute approximate surface area is 177 Å². The van der Waals surface area contributed by atoms with Gasteiger partial charge in [-0.1, -0.05) is 26.0 Å². The molecule has 2 N–H and O–H groups in total. The highest BCUT2D eigenvalue weighted by Crippen LogP contribution is 2.32. The zero-order valence-corrected chi connectivity index (χ0v) is 18.3. The van der Waals surface area contributed by atoms with Gasteiger partial charge in [0.2, 0.25) is 16.8 Å². The van der Waals surface area contributed by atoms with Gasteiger partial charge < -0.3 is 20.1 Å². The van der Waals surface area contributed by atoms with Crippen LogP contribution in [0.15, 0.2) is 41.3 Å². The van der Waals surface area contributed by atoms with Crippen molar-refractivity contribution in [1.29, 1.82) is 0 Å². The van der Waals surface area contributed by atoms with Crippen molar-refractivity contribution in [3.05, 3.63) is 47.5 Å². The molecule has 0 aliphatic carbocycles. The summed E-state index contributed by atoms with van der Waals surface area (Å²) in [5.41, 5.74) is 2.55. The Morgan fingerprint density at radius 3 is 2.55 bits per heavy atom. The summed E-state index contributed by atoms with van der Waals surface area (Å²) < 4.78 is 37.7. The Bertz CT molecular complexity index is 1000. The van der Waals surface area contributed by atoms with E-state index in [0.717, 1.165) is 16.9 Å². The van der Waals surface area contributed by atoms with E-state index in [1.54, 1.807) is 18.2 Å². The van der Waals surface area contributed by atoms with Crippen LogP contribution in [0, 0.1) is 6.92 Å². The number of hydrogen-bond donors (Lipinski definition) is 2. The molecule has 3 rings (SSSR count). The average Bonchev–Trinajstić information content (AvgIpc) is 3.16. The fraction of sp³-hybridized carbons (Fsp3) is 0.350. The summed E-state index contributed by atoms with van der Waals surface area (Å²) >= 11 is 5.39. The van der Waals surface area contributed by atoms with Crippen molar-refractivity contribution in [1.82, 2.24) is 9.62 Å². The molecule has 0 atom stereocenters. The predicted molar refractivity (Wildman–Crippen MR) is 117 cm³/mol. The van der Waals surface area contributed by atoms with Gasteiger partial charge in [-0.15, -0.1) is 0 Å². The number of aryl methyl sites for hydroxylation is 1. The van der Waals surface area contributed by atoms with Crippen LogP contribution >= 0.6 is 12.2 Å². The third-order valence-electron chi connectivity index (χ3n) is 4.69. The smallest absolute Gasteiger partial charge is 0.243 e. The number of thiocarbonyl (C=S) groups is 1. The first kappa shape index (κ1) is 21.4. The molecular formula is C20H25N3O4S2. The molecule has 2 aromatic rings. The Kier molecular flexibility index (Phi) is 6.61. The number of sulfonamides is 1. The summed E-state index contributed by atoms with van der Waals surface area (Å²) in [6.45, 7) is 7.12. The van der Waals surface area contributed by atoms with Gasteiger partial charge in [0.25, 0.3) is 0 Å². The van der Waals surface area contributed by atoms with Crippen molar-refractivity contribution in [3.63, 3.8) is 0 Å². The maximum Gasteiger partial charge on any atom is 0.243 e. The summed E-state index contributed by atoms with van der Waals surface area (Å²) in [7, 11) is -3.53. The van der Waals surface area contributed by atoms with Gasteiger partial charge >= 0.3 is 0 Å². The number of anilines is 1. The van der Waals surface area contributed by atoms with E-state index in [2.05, 4.69) is 10.6 Å². The molecule has 0 aromatic heterocycles. The van der Waals surface area contributed by atoms with Crippen LogP contribution < -0.4 is 20.1 Å². The Morgan fingerprint density at radius 2 is 1.83 bits per heavy atom. The third-order valence-corrected chi connectivity index (χ3v) is 6.98. The zero-order chi connectivity index (χ0) is 21.0. The van der Waals surface area contributed by atoms with E-state index in [0.29, 0.717) is 36.2 Å². The van der Waals surface area contributed by atoms with Gasteiger partial charge in [0.1, 0.15) is 0 Å². The standard InChI is InChI=1S/C20H25N3O4S2/c1-4-23(5-2)29(24,25)16-8-6-14(3)17(11-16)22-20(28)21-12-15-7-9-18-19(10-15)27-13-26-18/h6-11H,4-5,12-13H2,1-3H3,(H2,21,22,28). The molecule has 0 saturated heterocycles. The maximum atomic E-state index is 12.8. The van der Waals surface area contributed by atoms with Gasteiger partial charge in [-0.2, -0.15) is 4.31 Å². The van der Waals surface area contributed by atoms with Crippen LogP contribution in [0.4, 0.5) is 5.69 Å². The second-order valence-corrected chi connectivity index (χ2v) is 8.91. The van der Waals surface area contributed by atoms with Crippen molar-refractivity contribution in [2.45, 2.75) is 32.2 Å². The fourth-order valence-electron chi connectivity index (χ4n) is 3.01. The Balaban J connectivity index is 1.68. The quantitative estimate of drug-likeness (QED) is 0.646. The second kappa shape index (κ2) is 8.98. The molecule has 1 aliphatic rings. The molecule has 0 amide bonds. The largest absolute Gasteiger partial charge is 0.454 e. The lowest BCUT2D eigenvalue weighted by molar-refractivity contribution is 0.174. The van der Waals surface area contributed by atoms with Gasteiger partial charge in [-0.25, -0.2) is 8.42 Å². The second-order valence-electron chi connectivity index (χ2n) is 6.56. The number of nitrogens with one attached hydrogen (secondary N) is 2. The summed E-state index contributed by atoms with van der Waals surface area (Å²) in [5.74, 6) is 1.45. The molecule has 9 heteroatoms. The lowest BCUT2D eigenvalue weighted by Gasteiger charge is -2.20. The first-order valence-electron chi connectivity index (χ1n) is 9.39. The molecule has 0 radical (unpaired) electrons. The van der Waals surface area contributed by atoms with Crippen LogP contribution in [0.25, 0.3) is 0 Å². The van der Waals surface area contributed by atoms with Crippen molar-refractivity contribution in [3.8, 4) is 11.5 Å². The molecule has 2 aromatic carbocycles. The molecular weight excluding hydrogens is 410 g/mol. The number of hydrogen-bond acceptors (Lipinski definition) is 5. The first-order chi connectivity index (χ1) is 13.8. The summed E-state index contributed by atoms with van der Waals surface area (Å²) in [4.78, 5) is 0.243. The SMILES string of the molecule is CCN(CC)S(=O)(=O)c1ccc(C)c(NC(=S)NCc2ccc3c(c2)OCO3)c1. The minimum Gasteiger partial charge on any atom is -0.454 e. The number of fused-ring (bicyclic) bond motifs is 1. The lowest BCUT2D eigenvalue weighted by Crippen LogP contribution is -2.31. The summed E-state index contributed by atoms with van der Waals surface area (Å²) in [6, 6.07) is 10.7. The number of rotatable bonds is 7. The molecule has 0 spiro atoms. The molecule has 1 heterocycles. The topological polar surface area (TPSA) is 79.9 Å². The summed E-state index contributed by atoms with van der Waals surface area (Å²) in [6.07, 6.45) is 0. The van der Waals surface area contributed by atoms with Crippen LogP contribution in [0.5, 0.6) is 11.5 Å². The van der Waals surface area contributed by atoms with Gasteiger partial charge in [0.05, 0.1) is 4.90 Å². The molecule has 0 fully saturated rings. The van der Waals surface area contributed by atoms with Crippen molar-refractivity contribution in [2.75, 3.05) is 25.2 Å². The van der Waals surface area contributed by atoms with Gasteiger partial charge in [-0.3, -0.25) is 0 Å². The van der Waals surface area contributed by atoms with E-state index in [-0.39, 0.29) is 11.7 Å². The molecule has 156 valence electrons. The van der Waals surface area contributed by atoms with E-state index in [9.17, 15) is 8.42 Å². The van der Waals surface area contributed by atoms with E-state index in [1.807, 2.05) is 39.0 Å². The van der Waals surface area contributed by atoms with Crippen LogP contribution in [0.1, 0.15) is 25.0 Å². The Morgan fingerprint density at radius 1 is 1.10 bits per heavy atom. The predicted octanol–water partition coefficient (Wildman–Crippen LogP) is 3.24. The van der Waals surface area contributed by atoms with E-state index >= 15 is 0 Å². The zero-order valence-electron chi connectivity index (χ0n) is 16.7. The van der Waals surface area contributed by atoms with Crippen LogP contribution in [-0.2, 0) is 16.6 Å². The normalized spacial score (nSPS) is 12.8. The van der Waals surface area contributed by atoms with E-state index < -0.39 is 10.0 Å². The average molecular weight is 436 g/mol. The fourth-order valence-corrected chi connectivity index (χ4v) is 4.68. The molecule has 7 nitrogen and oxygen atoms in total. The Hall–Kier alpha value is -2.36. The van der Waals surface area contributed by atoms with Crippen molar-refractivity contribution < 1.29 is 17.9 Å². The highest BCUT2D eigenvalue weighted by molar-refractivity contribution is 7.89.